The number of aromatic nitrogens is 4. The second-order valence-corrected chi connectivity index (χ2v) is 6.79. The Morgan fingerprint density at radius 1 is 1.17 bits per heavy atom. The van der Waals surface area contributed by atoms with Gasteiger partial charge in [0.2, 0.25) is 5.16 Å². The molecule has 0 amide bonds. The van der Waals surface area contributed by atoms with Gasteiger partial charge in [0.05, 0.1) is 11.2 Å². The van der Waals surface area contributed by atoms with E-state index in [-0.39, 0.29) is 6.10 Å². The van der Waals surface area contributed by atoms with E-state index < -0.39 is 0 Å². The Labute approximate surface area is 144 Å². The lowest BCUT2D eigenvalue weighted by Gasteiger charge is -2.21. The fourth-order valence-electron chi connectivity index (χ4n) is 2.88. The lowest BCUT2D eigenvalue weighted by molar-refractivity contribution is 0.00780. The molecule has 3 aromatic rings. The maximum Gasteiger partial charge on any atom is 0.210 e. The van der Waals surface area contributed by atoms with Crippen LogP contribution in [0, 0.1) is 0 Å². The van der Waals surface area contributed by atoms with Gasteiger partial charge in [-0.3, -0.25) is 4.98 Å². The Morgan fingerprint density at radius 2 is 2.08 bits per heavy atom. The summed E-state index contributed by atoms with van der Waals surface area (Å²) in [6.45, 7) is 0.765. The molecule has 1 atom stereocenters. The Hall–Kier alpha value is -2.12. The van der Waals surface area contributed by atoms with Gasteiger partial charge in [-0.15, -0.1) is 10.2 Å². The Morgan fingerprint density at radius 3 is 2.96 bits per heavy atom. The number of nitrogens with zero attached hydrogens (tertiary/aromatic N) is 4. The monoisotopic (exact) mass is 341 g/mol. The minimum absolute atomic E-state index is 0.0376. The molecule has 1 aliphatic heterocycles. The molecule has 4 rings (SSSR count). The first-order valence-corrected chi connectivity index (χ1v) is 9.09. The molecule has 0 aliphatic carbocycles. The number of pyridine rings is 1. The number of para-hydroxylation sites is 1. The Balaban J connectivity index is 1.47. The molecule has 1 aromatic carbocycles. The number of nitrogen functional groups attached to an aromatic ring is 1. The number of rotatable bonds is 4. The van der Waals surface area contributed by atoms with Crippen molar-refractivity contribution in [2.24, 2.45) is 0 Å². The molecule has 0 radical (unpaired) electrons. The number of benzene rings is 1. The fourth-order valence-corrected chi connectivity index (χ4v) is 3.65. The highest BCUT2D eigenvalue weighted by Gasteiger charge is 2.23. The van der Waals surface area contributed by atoms with Crippen molar-refractivity contribution >= 4 is 22.7 Å². The highest BCUT2D eigenvalue weighted by Crippen LogP contribution is 2.28. The Kier molecular flexibility index (Phi) is 4.36. The van der Waals surface area contributed by atoms with Crippen LogP contribution in [0.25, 0.3) is 10.9 Å². The third-order valence-electron chi connectivity index (χ3n) is 4.16. The van der Waals surface area contributed by atoms with E-state index >= 15 is 0 Å². The van der Waals surface area contributed by atoms with E-state index in [0.29, 0.717) is 16.7 Å². The first-order valence-electron chi connectivity index (χ1n) is 8.11. The first-order chi connectivity index (χ1) is 11.8. The smallest absolute Gasteiger partial charge is 0.210 e. The van der Waals surface area contributed by atoms with Crippen LogP contribution < -0.4 is 5.84 Å². The summed E-state index contributed by atoms with van der Waals surface area (Å²) in [6, 6.07) is 12.2. The Bertz CT molecular complexity index is 844. The van der Waals surface area contributed by atoms with E-state index in [1.807, 2.05) is 24.3 Å². The van der Waals surface area contributed by atoms with Crippen LogP contribution >= 0.6 is 11.8 Å². The van der Waals surface area contributed by atoms with Crippen LogP contribution in [0.3, 0.4) is 0 Å². The molecule has 0 saturated carbocycles. The largest absolute Gasteiger partial charge is 0.370 e. The van der Waals surface area contributed by atoms with Crippen molar-refractivity contribution in [1.29, 1.82) is 0 Å². The molecule has 1 aliphatic rings. The third-order valence-corrected chi connectivity index (χ3v) is 5.14. The van der Waals surface area contributed by atoms with Crippen molar-refractivity contribution in [2.45, 2.75) is 36.3 Å². The summed E-state index contributed by atoms with van der Waals surface area (Å²) >= 11 is 1.54. The molecule has 1 saturated heterocycles. The topological polar surface area (TPSA) is 78.9 Å². The summed E-state index contributed by atoms with van der Waals surface area (Å²) in [5.41, 5.74) is 2.00. The maximum atomic E-state index is 6.16. The summed E-state index contributed by atoms with van der Waals surface area (Å²) in [6.07, 6.45) is 3.15. The number of nitrogens with two attached hydrogens (primary N) is 1. The van der Waals surface area contributed by atoms with Crippen molar-refractivity contribution in [3.63, 3.8) is 0 Å². The maximum absolute atomic E-state index is 6.16. The molecule has 2 aromatic heterocycles. The van der Waals surface area contributed by atoms with Crippen LogP contribution in [0.2, 0.25) is 0 Å². The molecule has 3 heterocycles. The number of ether oxygens (including phenoxy) is 1. The lowest BCUT2D eigenvalue weighted by atomic mass is 10.1. The molecule has 24 heavy (non-hydrogen) atoms. The number of hydrogen-bond acceptors (Lipinski definition) is 6. The molecular formula is C17H19N5OS. The van der Waals surface area contributed by atoms with E-state index in [0.717, 1.165) is 42.5 Å². The minimum Gasteiger partial charge on any atom is -0.370 e. The van der Waals surface area contributed by atoms with Crippen molar-refractivity contribution in [1.82, 2.24) is 19.9 Å². The predicted molar refractivity (Wildman–Crippen MR) is 94.0 cm³/mol. The summed E-state index contributed by atoms with van der Waals surface area (Å²) < 4.78 is 7.30. The van der Waals surface area contributed by atoms with Crippen LogP contribution in [0.5, 0.6) is 0 Å². The quantitative estimate of drug-likeness (QED) is 0.580. The third kappa shape index (κ3) is 3.09. The molecule has 0 bridgehead atoms. The molecule has 2 N–H and O–H groups in total. The molecule has 0 spiro atoms. The van der Waals surface area contributed by atoms with Gasteiger partial charge in [-0.25, -0.2) is 4.68 Å². The summed E-state index contributed by atoms with van der Waals surface area (Å²) in [4.78, 5) is 4.67. The molecule has 6 nitrogen and oxygen atoms in total. The molecule has 7 heteroatoms. The average molecular weight is 341 g/mol. The second kappa shape index (κ2) is 6.78. The van der Waals surface area contributed by atoms with E-state index in [9.17, 15) is 0 Å². The summed E-state index contributed by atoms with van der Waals surface area (Å²) in [5.74, 6) is 7.57. The van der Waals surface area contributed by atoms with E-state index in [1.165, 1.54) is 11.8 Å². The second-order valence-electron chi connectivity index (χ2n) is 5.85. The number of thioether (sulfide) groups is 1. The molecule has 0 unspecified atom stereocenters. The number of fused-ring (bicyclic) bond motifs is 1. The highest BCUT2D eigenvalue weighted by molar-refractivity contribution is 7.98. The van der Waals surface area contributed by atoms with Crippen molar-refractivity contribution in [3.8, 4) is 0 Å². The standard InChI is InChI=1S/C17H19N5OS/c18-22-16(15-7-3-4-10-23-15)20-21-17(22)24-11-13-9-8-12-5-1-2-6-14(12)19-13/h1-2,5-6,8-9,15H,3-4,7,10-11,18H2/t15-/m0/s1. The van der Waals surface area contributed by atoms with E-state index in [4.69, 9.17) is 10.6 Å². The highest BCUT2D eigenvalue weighted by atomic mass is 32.2. The van der Waals surface area contributed by atoms with Gasteiger partial charge in [-0.1, -0.05) is 36.0 Å². The molecular weight excluding hydrogens is 322 g/mol. The summed E-state index contributed by atoms with van der Waals surface area (Å²) in [5, 5.41) is 10.3. The van der Waals surface area contributed by atoms with Gasteiger partial charge in [-0.2, -0.15) is 0 Å². The molecule has 1 fully saturated rings. The van der Waals surface area contributed by atoms with E-state index in [1.54, 1.807) is 4.68 Å². The fraction of sp³-hybridized carbons (Fsp3) is 0.353. The zero-order valence-electron chi connectivity index (χ0n) is 13.3. The van der Waals surface area contributed by atoms with Gasteiger partial charge in [0.25, 0.3) is 0 Å². The normalized spacial score (nSPS) is 18.1. The van der Waals surface area contributed by atoms with Crippen molar-refractivity contribution in [3.05, 3.63) is 47.9 Å². The van der Waals surface area contributed by atoms with Crippen LogP contribution in [-0.4, -0.2) is 26.5 Å². The van der Waals surface area contributed by atoms with Gasteiger partial charge in [0.15, 0.2) is 5.82 Å². The van der Waals surface area contributed by atoms with Gasteiger partial charge >= 0.3 is 0 Å². The SMILES string of the molecule is Nn1c(SCc2ccc3ccccc3n2)nnc1[C@@H]1CCCCO1. The first kappa shape index (κ1) is 15.4. The predicted octanol–water partition coefficient (Wildman–Crippen LogP) is 3.07. The number of hydrogen-bond donors (Lipinski definition) is 1. The van der Waals surface area contributed by atoms with Gasteiger partial charge in [0.1, 0.15) is 6.10 Å². The van der Waals surface area contributed by atoms with Gasteiger partial charge < -0.3 is 10.6 Å². The van der Waals surface area contributed by atoms with Gasteiger partial charge in [-0.05, 0) is 31.4 Å². The minimum atomic E-state index is -0.0376. The van der Waals surface area contributed by atoms with Crippen LogP contribution in [0.4, 0.5) is 0 Å². The average Bonchev–Trinajstić information content (AvgIpc) is 3.01. The van der Waals surface area contributed by atoms with Crippen LogP contribution in [-0.2, 0) is 10.5 Å². The lowest BCUT2D eigenvalue weighted by Crippen LogP contribution is -2.21. The van der Waals surface area contributed by atoms with Crippen LogP contribution in [0.15, 0.2) is 41.6 Å². The van der Waals surface area contributed by atoms with Crippen molar-refractivity contribution < 1.29 is 4.74 Å². The summed E-state index contributed by atoms with van der Waals surface area (Å²) in [7, 11) is 0. The molecule has 124 valence electrons. The zero-order valence-corrected chi connectivity index (χ0v) is 14.1. The van der Waals surface area contributed by atoms with E-state index in [2.05, 4.69) is 27.3 Å². The van der Waals surface area contributed by atoms with Crippen molar-refractivity contribution in [2.75, 3.05) is 12.4 Å². The van der Waals surface area contributed by atoms with Crippen LogP contribution in [0.1, 0.15) is 36.9 Å². The zero-order chi connectivity index (χ0) is 16.4. The van der Waals surface area contributed by atoms with Gasteiger partial charge in [0, 0.05) is 17.7 Å².